The Bertz CT molecular complexity index is 565. The molecule has 0 bridgehead atoms. The molecule has 6 heteroatoms. The lowest BCUT2D eigenvalue weighted by atomic mass is 10.0. The zero-order chi connectivity index (χ0) is 14.8. The molecule has 2 aliphatic heterocycles. The molecule has 0 atom stereocenters. The first kappa shape index (κ1) is 13.9. The molecule has 0 unspecified atom stereocenters. The average Bonchev–Trinajstić information content (AvgIpc) is 3.02. The highest BCUT2D eigenvalue weighted by Gasteiger charge is 2.27. The maximum Gasteiger partial charge on any atom is 0.409 e. The Hall–Kier alpha value is -2.08. The van der Waals surface area contributed by atoms with E-state index in [1.54, 1.807) is 4.90 Å². The highest BCUT2D eigenvalue weighted by Crippen LogP contribution is 2.21. The predicted octanol–water partition coefficient (Wildman–Crippen LogP) is 0.814. The molecule has 0 spiro atoms. The van der Waals surface area contributed by atoms with Crippen molar-refractivity contribution in [2.45, 2.75) is 13.1 Å². The predicted molar refractivity (Wildman–Crippen MR) is 76.9 cm³/mol. The summed E-state index contributed by atoms with van der Waals surface area (Å²) < 4.78 is 4.71. The minimum Gasteiger partial charge on any atom is -0.453 e. The number of benzene rings is 1. The first-order valence-electron chi connectivity index (χ1n) is 7.14. The Morgan fingerprint density at radius 2 is 1.81 bits per heavy atom. The molecule has 1 aromatic rings. The molecule has 112 valence electrons. The summed E-state index contributed by atoms with van der Waals surface area (Å²) in [6.07, 6.45) is -0.327. The van der Waals surface area contributed by atoms with E-state index in [0.717, 1.165) is 24.2 Å². The molecular formula is C15H19N3O3. The van der Waals surface area contributed by atoms with Crippen molar-refractivity contribution < 1.29 is 14.3 Å². The van der Waals surface area contributed by atoms with Crippen LogP contribution in [0.3, 0.4) is 0 Å². The lowest BCUT2D eigenvalue weighted by Crippen LogP contribution is -2.50. The number of carbonyl (C=O) groups is 2. The molecule has 0 aliphatic carbocycles. The Morgan fingerprint density at radius 1 is 1.10 bits per heavy atom. The minimum absolute atomic E-state index is 0.0556. The van der Waals surface area contributed by atoms with Crippen LogP contribution in [0.15, 0.2) is 18.2 Å². The lowest BCUT2D eigenvalue weighted by molar-refractivity contribution is 0.0599. The maximum absolute atomic E-state index is 12.7. The van der Waals surface area contributed by atoms with Crippen LogP contribution in [0.2, 0.25) is 0 Å². The normalized spacial score (nSPS) is 17.6. The second kappa shape index (κ2) is 5.73. The van der Waals surface area contributed by atoms with Crippen LogP contribution in [0.25, 0.3) is 0 Å². The highest BCUT2D eigenvalue weighted by molar-refractivity contribution is 5.96. The molecule has 3 rings (SSSR count). The first-order valence-corrected chi connectivity index (χ1v) is 7.14. The van der Waals surface area contributed by atoms with Gasteiger partial charge in [-0.05, 0) is 17.2 Å². The van der Waals surface area contributed by atoms with Gasteiger partial charge >= 0.3 is 6.09 Å². The molecular weight excluding hydrogens is 270 g/mol. The number of fused-ring (bicyclic) bond motifs is 1. The molecule has 1 aromatic carbocycles. The van der Waals surface area contributed by atoms with E-state index in [4.69, 9.17) is 4.74 Å². The smallest absolute Gasteiger partial charge is 0.409 e. The third-order valence-electron chi connectivity index (χ3n) is 4.12. The molecule has 0 radical (unpaired) electrons. The standard InChI is InChI=1S/C15H19N3O3/c1-21-15(20)18-7-5-17(6-8-18)14(19)12-4-2-3-11-9-16-10-13(11)12/h2-4,16H,5-10H2,1H3. The van der Waals surface area contributed by atoms with Crippen LogP contribution in [0.1, 0.15) is 21.5 Å². The fourth-order valence-electron chi connectivity index (χ4n) is 2.92. The Labute approximate surface area is 123 Å². The summed E-state index contributed by atoms with van der Waals surface area (Å²) in [7, 11) is 1.38. The van der Waals surface area contributed by atoms with E-state index in [1.165, 1.54) is 12.7 Å². The summed E-state index contributed by atoms with van der Waals surface area (Å²) in [5.41, 5.74) is 3.09. The number of hydrogen-bond donors (Lipinski definition) is 1. The molecule has 2 heterocycles. The van der Waals surface area contributed by atoms with Gasteiger partial charge in [0.15, 0.2) is 0 Å². The number of rotatable bonds is 1. The van der Waals surface area contributed by atoms with Crippen LogP contribution in [-0.4, -0.2) is 55.1 Å². The first-order chi connectivity index (χ1) is 10.2. The number of carbonyl (C=O) groups excluding carboxylic acids is 2. The topological polar surface area (TPSA) is 61.9 Å². The van der Waals surface area contributed by atoms with Gasteiger partial charge in [0.1, 0.15) is 0 Å². The number of piperazine rings is 1. The third-order valence-corrected chi connectivity index (χ3v) is 4.12. The zero-order valence-corrected chi connectivity index (χ0v) is 12.1. The Balaban J connectivity index is 1.70. The van der Waals surface area contributed by atoms with Crippen molar-refractivity contribution in [1.82, 2.24) is 15.1 Å². The second-order valence-corrected chi connectivity index (χ2v) is 5.30. The van der Waals surface area contributed by atoms with Crippen molar-refractivity contribution in [3.05, 3.63) is 34.9 Å². The van der Waals surface area contributed by atoms with E-state index < -0.39 is 0 Å². The Morgan fingerprint density at radius 3 is 2.52 bits per heavy atom. The van der Waals surface area contributed by atoms with Crippen LogP contribution in [0.4, 0.5) is 4.79 Å². The highest BCUT2D eigenvalue weighted by atomic mass is 16.5. The summed E-state index contributed by atoms with van der Waals surface area (Å²) in [6, 6.07) is 5.88. The van der Waals surface area contributed by atoms with Crippen molar-refractivity contribution in [3.63, 3.8) is 0 Å². The van der Waals surface area contributed by atoms with Gasteiger partial charge in [-0.1, -0.05) is 12.1 Å². The molecule has 2 amide bonds. The van der Waals surface area contributed by atoms with Gasteiger partial charge in [-0.3, -0.25) is 4.79 Å². The van der Waals surface area contributed by atoms with Crippen molar-refractivity contribution >= 4 is 12.0 Å². The van der Waals surface area contributed by atoms with Crippen LogP contribution in [0, 0.1) is 0 Å². The van der Waals surface area contributed by atoms with Crippen molar-refractivity contribution in [3.8, 4) is 0 Å². The molecule has 0 aromatic heterocycles. The number of amides is 2. The Kier molecular flexibility index (Phi) is 3.79. The summed E-state index contributed by atoms with van der Waals surface area (Å²) in [5.74, 6) is 0.0556. The van der Waals surface area contributed by atoms with Crippen molar-refractivity contribution in [1.29, 1.82) is 0 Å². The van der Waals surface area contributed by atoms with E-state index in [9.17, 15) is 9.59 Å². The summed E-state index contributed by atoms with van der Waals surface area (Å²) in [4.78, 5) is 27.6. The quantitative estimate of drug-likeness (QED) is 0.831. The number of methoxy groups -OCH3 is 1. The van der Waals surface area contributed by atoms with Gasteiger partial charge in [-0.2, -0.15) is 0 Å². The SMILES string of the molecule is COC(=O)N1CCN(C(=O)c2cccc3c2CNC3)CC1. The molecule has 0 saturated carbocycles. The molecule has 2 aliphatic rings. The third kappa shape index (κ3) is 2.58. The van der Waals surface area contributed by atoms with E-state index >= 15 is 0 Å². The number of hydrogen-bond acceptors (Lipinski definition) is 4. The van der Waals surface area contributed by atoms with Crippen molar-refractivity contribution in [2.24, 2.45) is 0 Å². The van der Waals surface area contributed by atoms with Crippen molar-refractivity contribution in [2.75, 3.05) is 33.3 Å². The van der Waals surface area contributed by atoms with E-state index in [0.29, 0.717) is 26.2 Å². The van der Waals surface area contributed by atoms with E-state index in [-0.39, 0.29) is 12.0 Å². The molecule has 6 nitrogen and oxygen atoms in total. The molecule has 1 N–H and O–H groups in total. The molecule has 1 saturated heterocycles. The zero-order valence-electron chi connectivity index (χ0n) is 12.1. The fourth-order valence-corrected chi connectivity index (χ4v) is 2.92. The van der Waals surface area contributed by atoms with Crippen LogP contribution >= 0.6 is 0 Å². The van der Waals surface area contributed by atoms with Crippen LogP contribution in [0.5, 0.6) is 0 Å². The number of nitrogens with zero attached hydrogens (tertiary/aromatic N) is 2. The second-order valence-electron chi connectivity index (χ2n) is 5.30. The fraction of sp³-hybridized carbons (Fsp3) is 0.467. The van der Waals surface area contributed by atoms with Gasteiger partial charge < -0.3 is 19.9 Å². The summed E-state index contributed by atoms with van der Waals surface area (Å²) >= 11 is 0. The molecule has 1 fully saturated rings. The summed E-state index contributed by atoms with van der Waals surface area (Å²) in [5, 5.41) is 3.28. The van der Waals surface area contributed by atoms with Gasteiger partial charge in [0.05, 0.1) is 7.11 Å². The number of ether oxygens (including phenoxy) is 1. The molecule has 21 heavy (non-hydrogen) atoms. The van der Waals surface area contributed by atoms with Crippen LogP contribution < -0.4 is 5.32 Å². The van der Waals surface area contributed by atoms with Gasteiger partial charge in [0.2, 0.25) is 0 Å². The number of nitrogens with one attached hydrogen (secondary N) is 1. The van der Waals surface area contributed by atoms with Gasteiger partial charge in [0.25, 0.3) is 5.91 Å². The summed E-state index contributed by atoms with van der Waals surface area (Å²) in [6.45, 7) is 3.71. The van der Waals surface area contributed by atoms with Gasteiger partial charge in [0, 0.05) is 44.8 Å². The maximum atomic E-state index is 12.7. The average molecular weight is 289 g/mol. The monoisotopic (exact) mass is 289 g/mol. The lowest BCUT2D eigenvalue weighted by Gasteiger charge is -2.34. The van der Waals surface area contributed by atoms with E-state index in [1.807, 2.05) is 17.0 Å². The van der Waals surface area contributed by atoms with Crippen LogP contribution in [-0.2, 0) is 17.8 Å². The minimum atomic E-state index is -0.327. The van der Waals surface area contributed by atoms with Gasteiger partial charge in [-0.15, -0.1) is 0 Å². The van der Waals surface area contributed by atoms with Gasteiger partial charge in [-0.25, -0.2) is 4.79 Å². The largest absolute Gasteiger partial charge is 0.453 e. The van der Waals surface area contributed by atoms with E-state index in [2.05, 4.69) is 11.4 Å².